The Labute approximate surface area is 448 Å². The maximum Gasteiger partial charge on any atom is 0.326 e. The van der Waals surface area contributed by atoms with Crippen molar-refractivity contribution in [1.82, 2.24) is 16.0 Å². The molecule has 3 atom stereocenters. The molecular formula is C58H65N3O17. The molecule has 0 aliphatic rings. The van der Waals surface area contributed by atoms with Crippen LogP contribution in [0.2, 0.25) is 0 Å². The minimum absolute atomic E-state index is 0.0180. The number of phenolic OH excluding ortho intramolecular Hbond substituents is 1. The van der Waals surface area contributed by atoms with E-state index >= 15 is 0 Å². The molecule has 1 aromatic heterocycles. The van der Waals surface area contributed by atoms with Gasteiger partial charge in [-0.1, -0.05) is 49.6 Å². The molecule has 0 saturated heterocycles. The molecule has 6 aromatic rings. The summed E-state index contributed by atoms with van der Waals surface area (Å²) in [7, 11) is 0. The van der Waals surface area contributed by atoms with Crippen LogP contribution in [0.1, 0.15) is 116 Å². The van der Waals surface area contributed by atoms with Crippen molar-refractivity contribution in [1.29, 1.82) is 0 Å². The number of urea groups is 1. The van der Waals surface area contributed by atoms with E-state index in [2.05, 4.69) is 16.0 Å². The lowest BCUT2D eigenvalue weighted by Crippen LogP contribution is -2.51. The van der Waals surface area contributed by atoms with Gasteiger partial charge in [-0.05, 0) is 130 Å². The van der Waals surface area contributed by atoms with Crippen molar-refractivity contribution in [3.63, 3.8) is 0 Å². The number of ether oxygens (including phenoxy) is 2. The molecule has 0 saturated carbocycles. The fourth-order valence-electron chi connectivity index (χ4n) is 9.01. The van der Waals surface area contributed by atoms with Crippen molar-refractivity contribution in [3.05, 3.63) is 95.2 Å². The third-order valence-corrected chi connectivity index (χ3v) is 12.9. The van der Waals surface area contributed by atoms with Gasteiger partial charge < -0.3 is 55.1 Å². The van der Waals surface area contributed by atoms with Crippen LogP contribution in [0.4, 0.5) is 4.79 Å². The molecule has 1 heterocycles. The zero-order chi connectivity index (χ0) is 56.6. The van der Waals surface area contributed by atoms with E-state index in [9.17, 15) is 58.2 Å². The average molecular weight is 1080 g/mol. The van der Waals surface area contributed by atoms with E-state index in [4.69, 9.17) is 24.1 Å². The number of unbranched alkanes of at least 4 members (excludes halogenated alkanes) is 6. The maximum atomic E-state index is 12.3. The van der Waals surface area contributed by atoms with E-state index in [0.29, 0.717) is 87.8 Å². The van der Waals surface area contributed by atoms with Crippen molar-refractivity contribution in [2.75, 3.05) is 6.54 Å². The number of aromatic hydroxyl groups is 1. The molecule has 78 heavy (non-hydrogen) atoms. The van der Waals surface area contributed by atoms with Gasteiger partial charge in [-0.15, -0.1) is 0 Å². The predicted molar refractivity (Wildman–Crippen MR) is 289 cm³/mol. The summed E-state index contributed by atoms with van der Waals surface area (Å²) in [5, 5.41) is 49.0. The first-order chi connectivity index (χ1) is 37.5. The number of hydrogen-bond acceptors (Lipinski definition) is 14. The Morgan fingerprint density at radius 2 is 1.21 bits per heavy atom. The number of amides is 3. The number of carbonyl (C=O) groups excluding carboxylic acids is 6. The molecule has 0 aliphatic heterocycles. The standard InChI is InChI=1S/C30H49N3O12.C28H16O5/c1-21(35)11-5-4-7-13-23(45-20-34)19-22(36)12-6-2-3-8-15-26(37)31-18-10-9-14-24(28(40)41)32-30(44)33-25(29(42)43)16-17-27(38)39;29-15-32-25-4-2-1-3-22(25)26-23-9-5-16-13-18(30)7-11-20(16)27(23)33-28-21-12-8-19(31)14-17(21)6-10-24(26)28/h20,23-25H,2-19H2,1H3,(H,31,37)(H,38,39)(H,40,41)(H,42,43)(H2,32,33,44);1-15,30H/t23?,24-,25-;/m0./s1. The van der Waals surface area contributed by atoms with E-state index in [0.717, 1.165) is 75.5 Å². The van der Waals surface area contributed by atoms with E-state index in [1.807, 2.05) is 48.5 Å². The number of nitrogens with one attached hydrogen (secondary N) is 3. The topological polar surface area (TPSA) is 319 Å². The molecule has 20 nitrogen and oxygen atoms in total. The highest BCUT2D eigenvalue weighted by Crippen LogP contribution is 2.44. The molecule has 0 spiro atoms. The quantitative estimate of drug-likeness (QED) is 0.00897. The summed E-state index contributed by atoms with van der Waals surface area (Å²) in [6.45, 7) is 2.63. The Hall–Kier alpha value is -8.68. The van der Waals surface area contributed by atoms with Crippen LogP contribution in [-0.2, 0) is 43.1 Å². The van der Waals surface area contributed by atoms with Gasteiger partial charge in [-0.3, -0.25) is 28.8 Å². The van der Waals surface area contributed by atoms with Crippen LogP contribution < -0.4 is 26.1 Å². The van der Waals surface area contributed by atoms with Crippen molar-refractivity contribution in [2.45, 2.75) is 134 Å². The number of ketones is 2. The Balaban J connectivity index is 0.000000298. The van der Waals surface area contributed by atoms with E-state index in [-0.39, 0.29) is 47.9 Å². The predicted octanol–water partition coefficient (Wildman–Crippen LogP) is 8.88. The molecule has 0 radical (unpaired) electrons. The fourth-order valence-corrected chi connectivity index (χ4v) is 9.01. The Morgan fingerprint density at radius 3 is 1.85 bits per heavy atom. The van der Waals surface area contributed by atoms with Crippen LogP contribution in [-0.4, -0.2) is 99.5 Å². The minimum atomic E-state index is -1.48. The molecule has 0 aliphatic carbocycles. The van der Waals surface area contributed by atoms with Crippen LogP contribution in [0, 0.1) is 0 Å². The molecule has 1 unspecified atom stereocenters. The lowest BCUT2D eigenvalue weighted by molar-refractivity contribution is -0.141. The summed E-state index contributed by atoms with van der Waals surface area (Å²) in [6, 6.07) is 21.2. The summed E-state index contributed by atoms with van der Waals surface area (Å²) in [6.07, 6.45) is 6.72. The van der Waals surface area contributed by atoms with Gasteiger partial charge in [-0.25, -0.2) is 14.4 Å². The lowest BCUT2D eigenvalue weighted by atomic mass is 9.93. The van der Waals surface area contributed by atoms with Gasteiger partial charge in [0.25, 0.3) is 12.9 Å². The zero-order valence-corrected chi connectivity index (χ0v) is 43.3. The monoisotopic (exact) mass is 1080 g/mol. The largest absolute Gasteiger partial charge is 0.508 e. The smallest absolute Gasteiger partial charge is 0.326 e. The van der Waals surface area contributed by atoms with Gasteiger partial charge in [0.05, 0.1) is 0 Å². The number of hydrogen-bond donors (Lipinski definition) is 7. The summed E-state index contributed by atoms with van der Waals surface area (Å²) in [4.78, 5) is 115. The van der Waals surface area contributed by atoms with Crippen molar-refractivity contribution >= 4 is 97.8 Å². The first kappa shape index (κ1) is 60.2. The molecule has 0 fully saturated rings. The number of aliphatic carboxylic acids is 3. The Bertz CT molecular complexity index is 3170. The van der Waals surface area contributed by atoms with Crippen LogP contribution in [0.15, 0.2) is 94.1 Å². The summed E-state index contributed by atoms with van der Waals surface area (Å²) >= 11 is 0. The minimum Gasteiger partial charge on any atom is -0.508 e. The van der Waals surface area contributed by atoms with Gasteiger partial charge in [0.1, 0.15) is 52.4 Å². The molecule has 414 valence electrons. The number of rotatable bonds is 32. The third kappa shape index (κ3) is 18.6. The van der Waals surface area contributed by atoms with Crippen LogP contribution in [0.3, 0.4) is 0 Å². The normalized spacial score (nSPS) is 12.1. The molecule has 20 heteroatoms. The summed E-state index contributed by atoms with van der Waals surface area (Å²) < 4.78 is 16.9. The molecule has 3 amide bonds. The van der Waals surface area contributed by atoms with Gasteiger partial charge in [0.2, 0.25) is 5.91 Å². The van der Waals surface area contributed by atoms with Crippen LogP contribution >= 0.6 is 0 Å². The first-order valence-electron chi connectivity index (χ1n) is 25.9. The number of para-hydroxylation sites is 1. The van der Waals surface area contributed by atoms with Crippen LogP contribution in [0.5, 0.6) is 11.5 Å². The number of carboxylic acids is 3. The average Bonchev–Trinajstić information content (AvgIpc) is 3.45. The number of fused-ring (bicyclic) bond motifs is 6. The maximum absolute atomic E-state index is 12.3. The summed E-state index contributed by atoms with van der Waals surface area (Å²) in [5.41, 5.74) is 2.78. The fraction of sp³-hybridized carbons (Fsp3) is 0.379. The number of benzene rings is 5. The van der Waals surface area contributed by atoms with Gasteiger partial charge in [-0.2, -0.15) is 0 Å². The second-order valence-electron chi connectivity index (χ2n) is 18.9. The SMILES string of the molecule is CC(=O)CCCCCC(CC(=O)CCCCCCC(=O)NCCCC[C@H](NC(=O)N[C@@H](CCC(=O)O)C(=O)O)C(=O)O)OC=O.O=COc1ccccc1-c1c2ccc3cc(O)ccc3c2oc2c1ccc1cc(=O)ccc12. The highest BCUT2D eigenvalue weighted by molar-refractivity contribution is 6.20. The number of phenols is 1. The van der Waals surface area contributed by atoms with E-state index in [1.165, 1.54) is 6.07 Å². The van der Waals surface area contributed by atoms with Gasteiger partial charge >= 0.3 is 23.9 Å². The number of Topliss-reactive ketones (excluding diaryl/α,β-unsaturated/α-hetero) is 2. The zero-order valence-electron chi connectivity index (χ0n) is 43.3. The second-order valence-corrected chi connectivity index (χ2v) is 18.9. The number of carbonyl (C=O) groups is 9. The molecular weight excluding hydrogens is 1010 g/mol. The van der Waals surface area contributed by atoms with Crippen LogP contribution in [0.25, 0.3) is 54.6 Å². The van der Waals surface area contributed by atoms with Crippen molar-refractivity contribution in [3.8, 4) is 22.6 Å². The lowest BCUT2D eigenvalue weighted by Gasteiger charge is -2.18. The van der Waals surface area contributed by atoms with Gasteiger partial charge in [0.15, 0.2) is 5.43 Å². The first-order valence-corrected chi connectivity index (χ1v) is 25.9. The van der Waals surface area contributed by atoms with E-state index in [1.54, 1.807) is 37.3 Å². The third-order valence-electron chi connectivity index (χ3n) is 12.9. The van der Waals surface area contributed by atoms with Crippen molar-refractivity contribution in [2.24, 2.45) is 0 Å². The highest BCUT2D eigenvalue weighted by atomic mass is 16.5. The Morgan fingerprint density at radius 1 is 0.615 bits per heavy atom. The molecule has 5 aromatic carbocycles. The highest BCUT2D eigenvalue weighted by Gasteiger charge is 2.25. The Kier molecular flexibility index (Phi) is 23.7. The van der Waals surface area contributed by atoms with E-state index < -0.39 is 48.5 Å². The molecule has 6 rings (SSSR count). The second kappa shape index (κ2) is 30.8. The molecule has 0 bridgehead atoms. The number of carboxylic acid groups (broad SMARTS) is 3. The summed E-state index contributed by atoms with van der Waals surface area (Å²) in [5.74, 6) is -3.40. The van der Waals surface area contributed by atoms with Crippen molar-refractivity contribution < 1.29 is 77.5 Å². The molecule has 7 N–H and O–H groups in total. The van der Waals surface area contributed by atoms with Gasteiger partial charge in [0, 0.05) is 71.3 Å².